The molecule has 0 aromatic heterocycles. The van der Waals surface area contributed by atoms with Crippen molar-refractivity contribution in [2.45, 2.75) is 0 Å². The molecule has 19 heavy (non-hydrogen) atoms. The Morgan fingerprint density at radius 3 is 1.79 bits per heavy atom. The number of carbonyl (C=O) groups is 1. The van der Waals surface area contributed by atoms with E-state index in [4.69, 9.17) is 58.0 Å². The average molecular weight is 354 g/mol. The predicted molar refractivity (Wildman–Crippen MR) is 81.4 cm³/mol. The largest absolute Gasteiger partial charge is 0.288 e. The Balaban J connectivity index is 2.56. The Labute approximate surface area is 135 Å². The van der Waals surface area contributed by atoms with Gasteiger partial charge >= 0.3 is 0 Å². The molecule has 0 amide bonds. The maximum Gasteiger partial charge on any atom is 0.197 e. The van der Waals surface area contributed by atoms with Crippen molar-refractivity contribution >= 4 is 63.8 Å². The second-order valence-corrected chi connectivity index (χ2v) is 5.79. The van der Waals surface area contributed by atoms with Crippen molar-refractivity contribution in [3.63, 3.8) is 0 Å². The lowest BCUT2D eigenvalue weighted by Gasteiger charge is -2.08. The maximum absolute atomic E-state index is 12.4. The molecule has 1 nitrogen and oxygen atoms in total. The summed E-state index contributed by atoms with van der Waals surface area (Å²) in [5.41, 5.74) is 0.439. The highest BCUT2D eigenvalue weighted by Gasteiger charge is 2.20. The predicted octanol–water partition coefficient (Wildman–Crippen LogP) is 6.18. The monoisotopic (exact) mass is 352 g/mol. The van der Waals surface area contributed by atoms with Crippen molar-refractivity contribution in [1.82, 2.24) is 0 Å². The van der Waals surface area contributed by atoms with Crippen LogP contribution >= 0.6 is 58.0 Å². The molecular weight excluding hydrogens is 349 g/mol. The van der Waals surface area contributed by atoms with Gasteiger partial charge in [-0.2, -0.15) is 0 Å². The number of halogens is 5. The minimum absolute atomic E-state index is 0.164. The van der Waals surface area contributed by atoms with E-state index in [1.807, 2.05) is 0 Å². The quantitative estimate of drug-likeness (QED) is 0.588. The first kappa shape index (κ1) is 15.0. The van der Waals surface area contributed by atoms with Gasteiger partial charge in [0, 0.05) is 15.6 Å². The zero-order chi connectivity index (χ0) is 14.2. The highest BCUT2D eigenvalue weighted by atomic mass is 35.5. The van der Waals surface area contributed by atoms with Gasteiger partial charge in [0.25, 0.3) is 0 Å². The summed E-state index contributed by atoms with van der Waals surface area (Å²) in [6.07, 6.45) is 0. The van der Waals surface area contributed by atoms with E-state index in [0.717, 1.165) is 0 Å². The molecule has 0 spiro atoms. The molecule has 0 aliphatic rings. The minimum atomic E-state index is -0.381. The van der Waals surface area contributed by atoms with Gasteiger partial charge in [-0.05, 0) is 30.3 Å². The lowest BCUT2D eigenvalue weighted by molar-refractivity contribution is 0.103. The van der Waals surface area contributed by atoms with Gasteiger partial charge in [-0.25, -0.2) is 0 Å². The van der Waals surface area contributed by atoms with Crippen molar-refractivity contribution in [2.75, 3.05) is 0 Å². The number of ketones is 1. The second-order valence-electron chi connectivity index (χ2n) is 3.70. The first-order valence-corrected chi connectivity index (χ1v) is 6.93. The summed E-state index contributed by atoms with van der Waals surface area (Å²) in [7, 11) is 0. The topological polar surface area (TPSA) is 17.1 Å². The molecule has 0 saturated carbocycles. The van der Waals surface area contributed by atoms with E-state index in [2.05, 4.69) is 0 Å². The number of benzene rings is 2. The molecular formula is C13H5Cl5O. The molecule has 0 fully saturated rings. The van der Waals surface area contributed by atoms with Gasteiger partial charge in [0.15, 0.2) is 5.78 Å². The standard InChI is InChI=1S/C13H5Cl5O/c14-6-1-2-8(9(16)3-6)13(19)12-10(17)4-7(15)5-11(12)18/h1-5H. The van der Waals surface area contributed by atoms with Gasteiger partial charge in [-0.1, -0.05) is 58.0 Å². The Morgan fingerprint density at radius 2 is 1.26 bits per heavy atom. The van der Waals surface area contributed by atoms with Gasteiger partial charge in [0.05, 0.1) is 20.6 Å². The van der Waals surface area contributed by atoms with Crippen molar-refractivity contribution in [2.24, 2.45) is 0 Å². The number of hydrogen-bond acceptors (Lipinski definition) is 1. The van der Waals surface area contributed by atoms with Gasteiger partial charge in [-0.15, -0.1) is 0 Å². The van der Waals surface area contributed by atoms with Crippen LogP contribution in [-0.2, 0) is 0 Å². The zero-order valence-electron chi connectivity index (χ0n) is 9.18. The summed E-state index contributed by atoms with van der Waals surface area (Å²) in [4.78, 5) is 12.4. The third kappa shape index (κ3) is 3.18. The third-order valence-corrected chi connectivity index (χ3v) is 3.77. The zero-order valence-corrected chi connectivity index (χ0v) is 13.0. The minimum Gasteiger partial charge on any atom is -0.288 e. The summed E-state index contributed by atoms with van der Waals surface area (Å²) in [6.45, 7) is 0. The molecule has 0 saturated heterocycles. The van der Waals surface area contributed by atoms with Crippen LogP contribution in [0.2, 0.25) is 25.1 Å². The molecule has 0 N–H and O–H groups in total. The van der Waals surface area contributed by atoms with Crippen LogP contribution in [0.1, 0.15) is 15.9 Å². The molecule has 0 aliphatic heterocycles. The van der Waals surface area contributed by atoms with Gasteiger partial charge in [0.2, 0.25) is 0 Å². The van der Waals surface area contributed by atoms with E-state index in [9.17, 15) is 4.79 Å². The van der Waals surface area contributed by atoms with E-state index >= 15 is 0 Å². The van der Waals surface area contributed by atoms with Crippen molar-refractivity contribution < 1.29 is 4.79 Å². The van der Waals surface area contributed by atoms with Gasteiger partial charge < -0.3 is 0 Å². The van der Waals surface area contributed by atoms with Crippen LogP contribution < -0.4 is 0 Å². The fourth-order valence-corrected chi connectivity index (χ4v) is 3.05. The summed E-state index contributed by atoms with van der Waals surface area (Å²) in [5, 5.41) is 1.38. The van der Waals surface area contributed by atoms with Gasteiger partial charge in [-0.3, -0.25) is 4.79 Å². The molecule has 2 aromatic rings. The van der Waals surface area contributed by atoms with Crippen LogP contribution in [0.15, 0.2) is 30.3 Å². The number of hydrogen-bond donors (Lipinski definition) is 0. The van der Waals surface area contributed by atoms with E-state index < -0.39 is 0 Å². The molecule has 0 aliphatic carbocycles. The molecule has 0 heterocycles. The number of carbonyl (C=O) groups excluding carboxylic acids is 1. The first-order chi connectivity index (χ1) is 8.90. The van der Waals surface area contributed by atoms with E-state index in [-0.39, 0.29) is 32.0 Å². The van der Waals surface area contributed by atoms with E-state index in [1.165, 1.54) is 24.3 Å². The molecule has 0 bridgehead atoms. The fraction of sp³-hybridized carbons (Fsp3) is 0. The average Bonchev–Trinajstić information content (AvgIpc) is 2.26. The highest BCUT2D eigenvalue weighted by Crippen LogP contribution is 2.32. The van der Waals surface area contributed by atoms with E-state index in [0.29, 0.717) is 10.0 Å². The smallest absolute Gasteiger partial charge is 0.197 e. The van der Waals surface area contributed by atoms with Crippen LogP contribution in [0.5, 0.6) is 0 Å². The normalized spacial score (nSPS) is 10.6. The van der Waals surface area contributed by atoms with Crippen LogP contribution in [0, 0.1) is 0 Å². The van der Waals surface area contributed by atoms with Gasteiger partial charge in [0.1, 0.15) is 0 Å². The molecule has 0 atom stereocenters. The molecule has 98 valence electrons. The molecule has 2 aromatic carbocycles. The SMILES string of the molecule is O=C(c1ccc(Cl)cc1Cl)c1c(Cl)cc(Cl)cc1Cl. The van der Waals surface area contributed by atoms with Crippen LogP contribution in [0.4, 0.5) is 0 Å². The van der Waals surface area contributed by atoms with Crippen molar-refractivity contribution in [3.05, 3.63) is 66.6 Å². The molecule has 0 radical (unpaired) electrons. The lowest BCUT2D eigenvalue weighted by atomic mass is 10.0. The Hall–Kier alpha value is -0.440. The summed E-state index contributed by atoms with van der Waals surface area (Å²) in [5.74, 6) is -0.381. The summed E-state index contributed by atoms with van der Waals surface area (Å²) in [6, 6.07) is 7.47. The summed E-state index contributed by atoms with van der Waals surface area (Å²) < 4.78 is 0. The fourth-order valence-electron chi connectivity index (χ4n) is 1.57. The highest BCUT2D eigenvalue weighted by molar-refractivity contribution is 6.44. The van der Waals surface area contributed by atoms with Crippen molar-refractivity contribution in [1.29, 1.82) is 0 Å². The van der Waals surface area contributed by atoms with Crippen LogP contribution in [0.3, 0.4) is 0 Å². The molecule has 2 rings (SSSR count). The van der Waals surface area contributed by atoms with E-state index in [1.54, 1.807) is 6.07 Å². The molecule has 0 unspecified atom stereocenters. The molecule has 6 heteroatoms. The van der Waals surface area contributed by atoms with Crippen LogP contribution in [-0.4, -0.2) is 5.78 Å². The van der Waals surface area contributed by atoms with Crippen molar-refractivity contribution in [3.8, 4) is 0 Å². The maximum atomic E-state index is 12.4. The first-order valence-electron chi connectivity index (χ1n) is 5.04. The Kier molecular flexibility index (Phi) is 4.65. The second kappa shape index (κ2) is 5.90. The number of rotatable bonds is 2. The van der Waals surface area contributed by atoms with Crippen LogP contribution in [0.25, 0.3) is 0 Å². The Bertz CT molecular complexity index is 643. The third-order valence-electron chi connectivity index (χ3n) is 2.41. The Morgan fingerprint density at radius 1 is 0.737 bits per heavy atom. The summed E-state index contributed by atoms with van der Waals surface area (Å²) >= 11 is 29.6. The lowest BCUT2D eigenvalue weighted by Crippen LogP contribution is -2.04.